The van der Waals surface area contributed by atoms with Gasteiger partial charge in [-0.2, -0.15) is 0 Å². The fourth-order valence-corrected chi connectivity index (χ4v) is 9.90. The summed E-state index contributed by atoms with van der Waals surface area (Å²) in [5, 5.41) is 20.7. The third-order valence-electron chi connectivity index (χ3n) is 12.1. The molecular formula is C54H68N8O9S2. The number of ether oxygens (including phenoxy) is 5. The molecule has 7 rings (SSSR count). The summed E-state index contributed by atoms with van der Waals surface area (Å²) in [4.78, 5) is 58.5. The number of carbonyl (C=O) groups is 3. The van der Waals surface area contributed by atoms with Crippen molar-refractivity contribution < 1.29 is 43.2 Å². The van der Waals surface area contributed by atoms with Crippen molar-refractivity contribution in [2.45, 2.75) is 58.8 Å². The minimum Gasteiger partial charge on any atom is -0.391 e. The number of aliphatic hydroxyl groups is 1. The third kappa shape index (κ3) is 16.0. The molecule has 0 bridgehead atoms. The van der Waals surface area contributed by atoms with E-state index in [1.807, 2.05) is 101 Å². The topological polar surface area (TPSA) is 199 Å². The van der Waals surface area contributed by atoms with E-state index in [1.165, 1.54) is 4.90 Å². The van der Waals surface area contributed by atoms with E-state index in [2.05, 4.69) is 62.3 Å². The predicted octanol–water partition coefficient (Wildman–Crippen LogP) is 6.83. The lowest BCUT2D eigenvalue weighted by molar-refractivity contribution is -0.144. The molecular weight excluding hydrogens is 969 g/mol. The van der Waals surface area contributed by atoms with Crippen molar-refractivity contribution in [1.82, 2.24) is 30.5 Å². The van der Waals surface area contributed by atoms with Gasteiger partial charge in [0.1, 0.15) is 29.5 Å². The summed E-state index contributed by atoms with van der Waals surface area (Å²) in [5.74, 6) is -0.357. The number of hydrogen-bond donors (Lipinski definition) is 4. The third-order valence-corrected chi connectivity index (χ3v) is 14.1. The van der Waals surface area contributed by atoms with Crippen molar-refractivity contribution in [3.63, 3.8) is 0 Å². The van der Waals surface area contributed by atoms with E-state index in [-0.39, 0.29) is 45.2 Å². The molecule has 17 nitrogen and oxygen atoms in total. The Morgan fingerprint density at radius 1 is 0.795 bits per heavy atom. The number of rotatable bonds is 27. The smallest absolute Gasteiger partial charge is 0.246 e. The normalized spacial score (nSPS) is 15.1. The zero-order valence-electron chi connectivity index (χ0n) is 42.6. The first kappa shape index (κ1) is 54.9. The summed E-state index contributed by atoms with van der Waals surface area (Å²) >= 11 is 3.24. The number of aryl methyl sites for hydroxylation is 1. The number of aliphatic hydroxyl groups excluding tert-OH is 1. The fourth-order valence-electron chi connectivity index (χ4n) is 8.08. The maximum Gasteiger partial charge on any atom is 0.246 e. The highest BCUT2D eigenvalue weighted by molar-refractivity contribution is 7.21. The van der Waals surface area contributed by atoms with Gasteiger partial charge in [0.25, 0.3) is 0 Å². The number of nitrogens with one attached hydrogen (secondary N) is 3. The second-order valence-electron chi connectivity index (χ2n) is 19.0. The second kappa shape index (κ2) is 26.9. The molecule has 6 aromatic rings. The van der Waals surface area contributed by atoms with Crippen LogP contribution in [-0.4, -0.2) is 154 Å². The molecule has 1 fully saturated rings. The average Bonchev–Trinajstić information content (AvgIpc) is 4.13. The first-order valence-electron chi connectivity index (χ1n) is 24.6. The quantitative estimate of drug-likeness (QED) is 0.0392. The van der Waals surface area contributed by atoms with Gasteiger partial charge in [0.05, 0.1) is 91.9 Å². The van der Waals surface area contributed by atoms with Crippen LogP contribution < -0.4 is 20.9 Å². The van der Waals surface area contributed by atoms with Gasteiger partial charge in [-0.15, -0.1) is 22.7 Å². The van der Waals surface area contributed by atoms with Crippen LogP contribution in [0, 0.1) is 12.3 Å². The van der Waals surface area contributed by atoms with Crippen molar-refractivity contribution in [3.8, 4) is 32.1 Å². The van der Waals surface area contributed by atoms with Gasteiger partial charge < -0.3 is 54.5 Å². The molecule has 1 saturated heterocycles. The highest BCUT2D eigenvalue weighted by Gasteiger charge is 2.44. The van der Waals surface area contributed by atoms with Crippen molar-refractivity contribution in [3.05, 3.63) is 102 Å². The molecule has 0 radical (unpaired) electrons. The molecule has 3 amide bonds. The zero-order chi connectivity index (χ0) is 51.7. The minimum absolute atomic E-state index is 0.0121. The number of likely N-dealkylation sites (tertiary alicyclic amines) is 1. The van der Waals surface area contributed by atoms with Gasteiger partial charge in [-0.3, -0.25) is 14.4 Å². The average molecular weight is 1040 g/mol. The van der Waals surface area contributed by atoms with Gasteiger partial charge in [-0.05, 0) is 59.4 Å². The molecule has 0 saturated carbocycles. The number of hydrogen-bond acceptors (Lipinski definition) is 16. The molecule has 0 spiro atoms. The monoisotopic (exact) mass is 1040 g/mol. The Bertz CT molecular complexity index is 2690. The maximum atomic E-state index is 13.9. The van der Waals surface area contributed by atoms with E-state index < -0.39 is 35.4 Å². The van der Waals surface area contributed by atoms with E-state index in [1.54, 1.807) is 22.7 Å². The van der Waals surface area contributed by atoms with Crippen molar-refractivity contribution in [1.29, 1.82) is 0 Å². The van der Waals surface area contributed by atoms with Crippen LogP contribution in [0.25, 0.3) is 42.4 Å². The number of carbonyl (C=O) groups excluding carboxylic acids is 3. The van der Waals surface area contributed by atoms with Gasteiger partial charge >= 0.3 is 0 Å². The Morgan fingerprint density at radius 3 is 2.04 bits per heavy atom. The van der Waals surface area contributed by atoms with Crippen LogP contribution in [0.15, 0.2) is 90.6 Å². The van der Waals surface area contributed by atoms with Crippen LogP contribution >= 0.6 is 22.7 Å². The number of aromatic nitrogens is 3. The number of anilines is 2. The Hall–Kier alpha value is -5.90. The van der Waals surface area contributed by atoms with Crippen LogP contribution in [0.4, 0.5) is 11.5 Å². The van der Waals surface area contributed by atoms with E-state index in [0.717, 1.165) is 65.1 Å². The molecule has 3 aromatic carbocycles. The van der Waals surface area contributed by atoms with Crippen molar-refractivity contribution in [2.24, 2.45) is 5.41 Å². The number of β-amino-alcohol motifs (C(OH)–C–C–N with tert-alkyl or cyclic N) is 1. The Morgan fingerprint density at radius 2 is 1.42 bits per heavy atom. The molecule has 3 atom stereocenters. The molecule has 4 heterocycles. The lowest BCUT2D eigenvalue weighted by Crippen LogP contribution is -2.58. The highest BCUT2D eigenvalue weighted by atomic mass is 32.1. The van der Waals surface area contributed by atoms with E-state index in [0.29, 0.717) is 52.8 Å². The first-order valence-corrected chi connectivity index (χ1v) is 26.3. The van der Waals surface area contributed by atoms with Gasteiger partial charge in [0.2, 0.25) is 17.7 Å². The second-order valence-corrected chi connectivity index (χ2v) is 20.8. The summed E-state index contributed by atoms with van der Waals surface area (Å²) in [6, 6.07) is 24.8. The molecule has 3 aromatic heterocycles. The van der Waals surface area contributed by atoms with Crippen LogP contribution in [-0.2, 0) is 44.6 Å². The van der Waals surface area contributed by atoms with Crippen LogP contribution in [0.3, 0.4) is 0 Å². The summed E-state index contributed by atoms with van der Waals surface area (Å²) in [5.41, 5.74) is 9.28. The standard InChI is InChI=1S/C54H68N8O9S2/c1-36-49(72-35-58-36)39-9-7-37(8-10-39)31-57-51(65)45-30-43(63)33-62(45)53(66)50(54(2,3)4)60-48(64)34-71-28-27-70-26-25-69-24-23-68-22-21-67-20-19-55-42-16-17-44-46(29-42)73-52(59-44)40-13-11-38(12-14-40)41-15-18-47(56-32-41)61(5)6/h7-18,29,32,35,43,45,50,55,63H,19-28,30-31,33-34H2,1-6H3,(H,57,65)(H,60,64)/t43-,45+,50?/m0/s1. The van der Waals surface area contributed by atoms with Crippen LogP contribution in [0.1, 0.15) is 38.4 Å². The highest BCUT2D eigenvalue weighted by Crippen LogP contribution is 2.34. The van der Waals surface area contributed by atoms with E-state index in [9.17, 15) is 19.5 Å². The molecule has 19 heteroatoms. The number of nitrogens with zero attached hydrogens (tertiary/aromatic N) is 5. The number of pyridine rings is 1. The Kier molecular flexibility index (Phi) is 20.2. The fraction of sp³-hybridized carbons (Fsp3) is 0.444. The molecule has 1 aliphatic heterocycles. The van der Waals surface area contributed by atoms with Crippen LogP contribution in [0.2, 0.25) is 0 Å². The maximum absolute atomic E-state index is 13.9. The van der Waals surface area contributed by atoms with Crippen LogP contribution in [0.5, 0.6) is 0 Å². The zero-order valence-corrected chi connectivity index (χ0v) is 44.2. The summed E-state index contributed by atoms with van der Waals surface area (Å²) in [7, 11) is 3.96. The minimum atomic E-state index is -0.959. The van der Waals surface area contributed by atoms with Crippen molar-refractivity contribution >= 4 is 62.1 Å². The van der Waals surface area contributed by atoms with Gasteiger partial charge in [0.15, 0.2) is 0 Å². The molecule has 0 aliphatic carbocycles. The van der Waals surface area contributed by atoms with E-state index in [4.69, 9.17) is 28.7 Å². The van der Waals surface area contributed by atoms with E-state index >= 15 is 0 Å². The number of fused-ring (bicyclic) bond motifs is 1. The lowest BCUT2D eigenvalue weighted by Gasteiger charge is -2.35. The molecule has 73 heavy (non-hydrogen) atoms. The molecule has 1 aliphatic rings. The SMILES string of the molecule is Cc1ncsc1-c1ccc(CNC(=O)[C@H]2C[C@H](O)CN2C(=O)C(NC(=O)COCCOCCOCCOCCOCCNc2ccc3nc(-c4ccc(-c5ccc(N(C)C)nc5)cc4)sc3c2)C(C)(C)C)cc1. The van der Waals surface area contributed by atoms with Crippen molar-refractivity contribution in [2.75, 3.05) is 103 Å². The first-order chi connectivity index (χ1) is 35.2. The number of amides is 3. The Labute approximate surface area is 435 Å². The molecule has 4 N–H and O–H groups in total. The summed E-state index contributed by atoms with van der Waals surface area (Å²) in [6.07, 6.45) is 1.14. The summed E-state index contributed by atoms with van der Waals surface area (Å²) < 4.78 is 29.2. The number of benzene rings is 3. The Balaban J connectivity index is 0.693. The number of thiazole rings is 2. The summed E-state index contributed by atoms with van der Waals surface area (Å²) in [6.45, 7) is 11.5. The van der Waals surface area contributed by atoms with Gasteiger partial charge in [-0.25, -0.2) is 15.0 Å². The molecule has 1 unspecified atom stereocenters. The van der Waals surface area contributed by atoms with Gasteiger partial charge in [-0.1, -0.05) is 69.3 Å². The van der Waals surface area contributed by atoms with Gasteiger partial charge in [0, 0.05) is 63.2 Å². The molecule has 390 valence electrons. The lowest BCUT2D eigenvalue weighted by atomic mass is 9.85. The predicted molar refractivity (Wildman–Crippen MR) is 287 cm³/mol. The largest absolute Gasteiger partial charge is 0.391 e.